The number of aryl methyl sites for hydroxylation is 1. The summed E-state index contributed by atoms with van der Waals surface area (Å²) in [6.07, 6.45) is 1.53. The Morgan fingerprint density at radius 3 is 2.71 bits per heavy atom. The minimum absolute atomic E-state index is 0.139. The first-order chi connectivity index (χ1) is 11.6. The number of carbonyl (C=O) groups excluding carboxylic acids is 1. The summed E-state index contributed by atoms with van der Waals surface area (Å²) in [5.74, 6) is 0.960. The molecule has 1 amide bonds. The number of para-hydroxylation sites is 1. The second-order valence-electron chi connectivity index (χ2n) is 5.56. The number of furan rings is 1. The van der Waals surface area contributed by atoms with Crippen LogP contribution in [0.1, 0.15) is 26.6 Å². The molecule has 0 aliphatic carbocycles. The van der Waals surface area contributed by atoms with Gasteiger partial charge in [-0.3, -0.25) is 4.79 Å². The maximum absolute atomic E-state index is 12.7. The number of hydrogen-bond donors (Lipinski definition) is 0. The van der Waals surface area contributed by atoms with Gasteiger partial charge in [-0.25, -0.2) is 0 Å². The van der Waals surface area contributed by atoms with Gasteiger partial charge < -0.3 is 14.1 Å². The second kappa shape index (κ2) is 7.36. The summed E-state index contributed by atoms with van der Waals surface area (Å²) in [7, 11) is 1.78. The summed E-state index contributed by atoms with van der Waals surface area (Å²) in [6, 6.07) is 13.4. The normalized spacial score (nSPS) is 10.6. The largest absolute Gasteiger partial charge is 0.489 e. The quantitative estimate of drug-likeness (QED) is 0.663. The molecular weight excluding hydrogens is 322 g/mol. The van der Waals surface area contributed by atoms with E-state index in [0.717, 1.165) is 11.3 Å². The molecule has 3 aromatic rings. The van der Waals surface area contributed by atoms with Crippen molar-refractivity contribution in [1.29, 1.82) is 0 Å². The lowest BCUT2D eigenvalue weighted by atomic mass is 10.2. The van der Waals surface area contributed by atoms with Crippen molar-refractivity contribution in [3.63, 3.8) is 0 Å². The Hall–Kier alpha value is -2.53. The van der Waals surface area contributed by atoms with Gasteiger partial charge in [0.25, 0.3) is 5.91 Å². The van der Waals surface area contributed by atoms with Crippen molar-refractivity contribution in [3.05, 3.63) is 75.9 Å². The maximum atomic E-state index is 12.7. The zero-order chi connectivity index (χ0) is 16.9. The molecule has 124 valence electrons. The van der Waals surface area contributed by atoms with Gasteiger partial charge in [0.05, 0.1) is 12.8 Å². The Morgan fingerprint density at radius 1 is 1.21 bits per heavy atom. The molecule has 2 aromatic heterocycles. The molecule has 4 nitrogen and oxygen atoms in total. The third-order valence-electron chi connectivity index (χ3n) is 3.77. The third kappa shape index (κ3) is 3.68. The Kier molecular flexibility index (Phi) is 5.01. The van der Waals surface area contributed by atoms with Gasteiger partial charge in [-0.05, 0) is 42.1 Å². The minimum Gasteiger partial charge on any atom is -0.489 e. The van der Waals surface area contributed by atoms with E-state index < -0.39 is 0 Å². The predicted octanol–water partition coefficient (Wildman–Crippen LogP) is 4.50. The van der Waals surface area contributed by atoms with Gasteiger partial charge in [0.1, 0.15) is 12.4 Å². The van der Waals surface area contributed by atoms with E-state index in [4.69, 9.17) is 9.15 Å². The molecule has 0 atom stereocenters. The number of benzene rings is 1. The Morgan fingerprint density at radius 2 is 2.00 bits per heavy atom. The van der Waals surface area contributed by atoms with E-state index in [1.54, 1.807) is 29.4 Å². The third-order valence-corrected chi connectivity index (χ3v) is 4.78. The van der Waals surface area contributed by atoms with Gasteiger partial charge in [0.15, 0.2) is 5.76 Å². The smallest absolute Gasteiger partial charge is 0.290 e. The van der Waals surface area contributed by atoms with Crippen LogP contribution >= 0.6 is 11.3 Å². The zero-order valence-corrected chi connectivity index (χ0v) is 14.5. The van der Waals surface area contributed by atoms with E-state index in [9.17, 15) is 4.79 Å². The van der Waals surface area contributed by atoms with Crippen LogP contribution < -0.4 is 4.74 Å². The predicted molar refractivity (Wildman–Crippen MR) is 94.3 cm³/mol. The Balaban J connectivity index is 1.67. The van der Waals surface area contributed by atoms with Gasteiger partial charge in [0, 0.05) is 17.5 Å². The fraction of sp³-hybridized carbons (Fsp3) is 0.211. The molecule has 24 heavy (non-hydrogen) atoms. The molecule has 2 heterocycles. The lowest BCUT2D eigenvalue weighted by Gasteiger charge is -2.16. The Labute approximate surface area is 145 Å². The number of carbonyl (C=O) groups is 1. The molecule has 0 saturated carbocycles. The second-order valence-corrected chi connectivity index (χ2v) is 6.57. The number of hydrogen-bond acceptors (Lipinski definition) is 4. The molecule has 0 N–H and O–H groups in total. The van der Waals surface area contributed by atoms with Crippen LogP contribution in [0.25, 0.3) is 0 Å². The molecule has 0 unspecified atom stereocenters. The molecule has 0 aliphatic heterocycles. The van der Waals surface area contributed by atoms with Crippen molar-refractivity contribution in [1.82, 2.24) is 4.90 Å². The molecule has 0 aliphatic rings. The van der Waals surface area contributed by atoms with Crippen LogP contribution in [-0.2, 0) is 13.2 Å². The van der Waals surface area contributed by atoms with Crippen LogP contribution in [0.15, 0.2) is 58.5 Å². The highest BCUT2D eigenvalue weighted by Gasteiger charge is 2.20. The summed E-state index contributed by atoms with van der Waals surface area (Å²) in [4.78, 5) is 15.5. The fourth-order valence-corrected chi connectivity index (χ4v) is 3.30. The van der Waals surface area contributed by atoms with Crippen molar-refractivity contribution < 1.29 is 13.9 Å². The van der Waals surface area contributed by atoms with Crippen molar-refractivity contribution in [2.45, 2.75) is 20.1 Å². The first-order valence-electron chi connectivity index (χ1n) is 7.68. The van der Waals surface area contributed by atoms with Crippen molar-refractivity contribution in [2.24, 2.45) is 0 Å². The SMILES string of the molecule is Cc1ccsc1CN(C)C(=O)c1occc1COc1ccccc1. The molecule has 5 heteroatoms. The summed E-state index contributed by atoms with van der Waals surface area (Å²) < 4.78 is 11.1. The van der Waals surface area contributed by atoms with E-state index >= 15 is 0 Å². The highest BCUT2D eigenvalue weighted by atomic mass is 32.1. The fourth-order valence-electron chi connectivity index (χ4n) is 2.34. The van der Waals surface area contributed by atoms with Crippen LogP contribution in [0.3, 0.4) is 0 Å². The summed E-state index contributed by atoms with van der Waals surface area (Å²) in [5, 5.41) is 2.04. The lowest BCUT2D eigenvalue weighted by molar-refractivity contribution is 0.0751. The lowest BCUT2D eigenvalue weighted by Crippen LogP contribution is -2.26. The average Bonchev–Trinajstić information content (AvgIpc) is 3.22. The average molecular weight is 341 g/mol. The van der Waals surface area contributed by atoms with Gasteiger partial charge in [-0.2, -0.15) is 0 Å². The highest BCUT2D eigenvalue weighted by molar-refractivity contribution is 7.10. The number of amides is 1. The Bertz CT molecular complexity index is 807. The topological polar surface area (TPSA) is 42.7 Å². The zero-order valence-electron chi connectivity index (χ0n) is 13.7. The molecule has 0 bridgehead atoms. The monoisotopic (exact) mass is 341 g/mol. The molecule has 0 radical (unpaired) electrons. The molecule has 0 spiro atoms. The van der Waals surface area contributed by atoms with E-state index in [2.05, 4.69) is 13.0 Å². The minimum atomic E-state index is -0.139. The first-order valence-corrected chi connectivity index (χ1v) is 8.56. The van der Waals surface area contributed by atoms with Crippen LogP contribution in [0.2, 0.25) is 0 Å². The van der Waals surface area contributed by atoms with Crippen LogP contribution in [-0.4, -0.2) is 17.9 Å². The van der Waals surface area contributed by atoms with Crippen LogP contribution in [0, 0.1) is 6.92 Å². The van der Waals surface area contributed by atoms with Crippen molar-refractivity contribution >= 4 is 17.2 Å². The van der Waals surface area contributed by atoms with Gasteiger partial charge in [0.2, 0.25) is 0 Å². The van der Waals surface area contributed by atoms with E-state index in [-0.39, 0.29) is 5.91 Å². The molecule has 3 rings (SSSR count). The van der Waals surface area contributed by atoms with Crippen molar-refractivity contribution in [2.75, 3.05) is 7.05 Å². The summed E-state index contributed by atoms with van der Waals surface area (Å²) >= 11 is 1.66. The molecular formula is C19H19NO3S. The van der Waals surface area contributed by atoms with Gasteiger partial charge in [-0.1, -0.05) is 18.2 Å². The van der Waals surface area contributed by atoms with Crippen LogP contribution in [0.4, 0.5) is 0 Å². The number of nitrogens with zero attached hydrogens (tertiary/aromatic N) is 1. The molecule has 1 aromatic carbocycles. The highest BCUT2D eigenvalue weighted by Crippen LogP contribution is 2.21. The van der Waals surface area contributed by atoms with E-state index in [1.165, 1.54) is 16.7 Å². The first kappa shape index (κ1) is 16.3. The van der Waals surface area contributed by atoms with Gasteiger partial charge >= 0.3 is 0 Å². The van der Waals surface area contributed by atoms with Crippen LogP contribution in [0.5, 0.6) is 5.75 Å². The standard InChI is InChI=1S/C19H19NO3S/c1-14-9-11-24-17(14)12-20(2)19(21)18-15(8-10-22-18)13-23-16-6-4-3-5-7-16/h3-11H,12-13H2,1-2H3. The molecule has 0 fully saturated rings. The van der Waals surface area contributed by atoms with E-state index in [0.29, 0.717) is 18.9 Å². The summed E-state index contributed by atoms with van der Waals surface area (Å²) in [5.41, 5.74) is 1.95. The maximum Gasteiger partial charge on any atom is 0.290 e. The van der Waals surface area contributed by atoms with Crippen molar-refractivity contribution in [3.8, 4) is 5.75 Å². The van der Waals surface area contributed by atoms with Gasteiger partial charge in [-0.15, -0.1) is 11.3 Å². The number of rotatable bonds is 6. The summed E-state index contributed by atoms with van der Waals surface area (Å²) in [6.45, 7) is 2.92. The van der Waals surface area contributed by atoms with E-state index in [1.807, 2.05) is 35.7 Å². The number of ether oxygens (including phenoxy) is 1. The molecule has 0 saturated heterocycles. The number of thiophene rings is 1.